The quantitative estimate of drug-likeness (QED) is 0.111. The Balaban J connectivity index is 0.674. The fourth-order valence-electron chi connectivity index (χ4n) is 10.1. The summed E-state index contributed by atoms with van der Waals surface area (Å²) in [6.45, 7) is 4.99. The fourth-order valence-corrected chi connectivity index (χ4v) is 10.1. The van der Waals surface area contributed by atoms with E-state index in [0.717, 1.165) is 101 Å². The van der Waals surface area contributed by atoms with Gasteiger partial charge >= 0.3 is 0 Å². The first-order valence-electron chi connectivity index (χ1n) is 21.7. The second kappa shape index (κ2) is 16.9. The number of amides is 3. The minimum absolute atomic E-state index is 0.00420. The van der Waals surface area contributed by atoms with E-state index in [1.165, 1.54) is 10.7 Å². The van der Waals surface area contributed by atoms with Gasteiger partial charge in [0.25, 0.3) is 12.3 Å². The molecule has 1 aromatic carbocycles. The van der Waals surface area contributed by atoms with Gasteiger partial charge in [0, 0.05) is 57.0 Å². The lowest BCUT2D eigenvalue weighted by atomic mass is 9.85. The van der Waals surface area contributed by atoms with Crippen LogP contribution in [0.15, 0.2) is 47.4 Å². The summed E-state index contributed by atoms with van der Waals surface area (Å²) in [7, 11) is 0. The van der Waals surface area contributed by atoms with Crippen molar-refractivity contribution in [1.29, 1.82) is 0 Å². The minimum Gasteiger partial charge on any atom is -0.378 e. The number of carbonyl (C=O) groups is 3. The van der Waals surface area contributed by atoms with Crippen LogP contribution in [0.2, 0.25) is 0 Å². The Kier molecular flexibility index (Phi) is 11.0. The van der Waals surface area contributed by atoms with Crippen LogP contribution in [0.4, 0.5) is 20.3 Å². The van der Waals surface area contributed by atoms with Crippen LogP contribution >= 0.6 is 0 Å². The third-order valence-electron chi connectivity index (χ3n) is 13.4. The Bertz CT molecular complexity index is 2420. The van der Waals surface area contributed by atoms with Crippen LogP contribution in [0.1, 0.15) is 110 Å². The normalized spacial score (nSPS) is 25.0. The minimum atomic E-state index is -2.85. The molecular formula is C43H50F2N10O6. The molecule has 18 heteroatoms. The number of hydrogen-bond donors (Lipinski definition) is 2. The predicted molar refractivity (Wildman–Crippen MR) is 217 cm³/mol. The van der Waals surface area contributed by atoms with E-state index in [4.69, 9.17) is 19.0 Å². The molecule has 2 N–H and O–H groups in total. The van der Waals surface area contributed by atoms with Gasteiger partial charge in [-0.2, -0.15) is 10.2 Å². The average Bonchev–Trinajstić information content (AvgIpc) is 4.12. The van der Waals surface area contributed by atoms with E-state index in [0.29, 0.717) is 42.5 Å². The van der Waals surface area contributed by atoms with Gasteiger partial charge in [0.2, 0.25) is 11.8 Å². The monoisotopic (exact) mass is 840 g/mol. The Morgan fingerprint density at radius 1 is 1.05 bits per heavy atom. The predicted octanol–water partition coefficient (Wildman–Crippen LogP) is 5.60. The maximum atomic E-state index is 14.3. The van der Waals surface area contributed by atoms with Gasteiger partial charge in [-0.3, -0.25) is 24.4 Å². The number of hydrogen-bond acceptors (Lipinski definition) is 12. The van der Waals surface area contributed by atoms with Crippen molar-refractivity contribution in [1.82, 2.24) is 39.8 Å². The number of piperidine rings is 2. The summed E-state index contributed by atoms with van der Waals surface area (Å²) in [5.41, 5.74) is 2.43. The zero-order chi connectivity index (χ0) is 41.6. The molecular weight excluding hydrogens is 791 g/mol. The highest BCUT2D eigenvalue weighted by Crippen LogP contribution is 2.37. The van der Waals surface area contributed by atoms with Crippen molar-refractivity contribution < 1.29 is 37.2 Å². The fraction of sp³-hybridized carbons (Fsp3) is 0.558. The maximum absolute atomic E-state index is 14.3. The molecule has 0 spiro atoms. The number of carbonyl (C=O) groups excluding carboxylic acids is 3. The number of imide groups is 1. The first-order valence-corrected chi connectivity index (χ1v) is 21.7. The van der Waals surface area contributed by atoms with E-state index in [1.54, 1.807) is 17.1 Å². The van der Waals surface area contributed by atoms with E-state index < -0.39 is 23.9 Å². The van der Waals surface area contributed by atoms with Crippen molar-refractivity contribution in [2.75, 3.05) is 49.6 Å². The smallest absolute Gasteiger partial charge is 0.284 e. The number of aromatic nitrogens is 6. The average molecular weight is 841 g/mol. The molecule has 16 nitrogen and oxygen atoms in total. The lowest BCUT2D eigenvalue weighted by molar-refractivity contribution is -0.134. The van der Waals surface area contributed by atoms with Crippen molar-refractivity contribution in [3.05, 3.63) is 65.4 Å². The SMILES string of the molecule is O=C1CCC(c2noc3c(CCCOC4CCN(CC5CCC(n6cc(NC(=O)c7cnn8ccc(N9CC%10CC9CO%10)nc78)c(C(F)F)n6)CC5)CC4)cccc23)C(=O)N1. The number of nitrogens with zero attached hydrogens (tertiary/aromatic N) is 8. The Labute approximate surface area is 350 Å². The number of fused-ring (bicyclic) bond motifs is 4. The first kappa shape index (κ1) is 39.8. The van der Waals surface area contributed by atoms with Gasteiger partial charge in [-0.1, -0.05) is 17.3 Å². The van der Waals surface area contributed by atoms with Crippen LogP contribution in [-0.2, 0) is 25.5 Å². The zero-order valence-electron chi connectivity index (χ0n) is 33.9. The highest BCUT2D eigenvalue weighted by Gasteiger charge is 2.40. The standard InChI is InChI=1S/C43H50F2N10O6/c44-40(45)38-34(47-43(58)33-20-46-54-17-14-35(48-41(33)54)53-22-30-19-28(53)24-60-30)23-55(50-38)27-8-6-25(7-9-27)21-52-15-12-29(13-16-52)59-18-2-4-26-3-1-5-31-37(51-61-39(26)31)32-10-11-36(56)49-42(32)57/h1,3,5,14,17,20,23,25,27-30,32,40H,2,4,6-13,15-16,18-19,21-22,24H2,(H,47,58)(H,49,56,57). The van der Waals surface area contributed by atoms with E-state index in [2.05, 4.69) is 35.8 Å². The molecule has 3 amide bonds. The van der Waals surface area contributed by atoms with Crippen molar-refractivity contribution in [3.63, 3.8) is 0 Å². The molecule has 5 fully saturated rings. The largest absolute Gasteiger partial charge is 0.378 e. The molecule has 8 heterocycles. The number of alkyl halides is 2. The summed E-state index contributed by atoms with van der Waals surface area (Å²) in [6, 6.07) is 7.99. The summed E-state index contributed by atoms with van der Waals surface area (Å²) in [5.74, 6) is -0.374. The number of para-hydroxylation sites is 1. The molecule has 322 valence electrons. The van der Waals surface area contributed by atoms with E-state index >= 15 is 0 Å². The number of halogens is 2. The van der Waals surface area contributed by atoms with Gasteiger partial charge in [0.15, 0.2) is 16.9 Å². The Morgan fingerprint density at radius 3 is 2.67 bits per heavy atom. The number of anilines is 2. The van der Waals surface area contributed by atoms with Gasteiger partial charge in [-0.15, -0.1) is 0 Å². The number of nitrogens with one attached hydrogen (secondary N) is 2. The van der Waals surface area contributed by atoms with Crippen LogP contribution in [0.25, 0.3) is 16.6 Å². The van der Waals surface area contributed by atoms with Crippen LogP contribution < -0.4 is 15.5 Å². The summed E-state index contributed by atoms with van der Waals surface area (Å²) in [4.78, 5) is 47.0. The number of ether oxygens (including phenoxy) is 2. The third-order valence-corrected chi connectivity index (χ3v) is 13.4. The molecule has 0 radical (unpaired) electrons. The Morgan fingerprint density at radius 2 is 1.90 bits per heavy atom. The number of benzene rings is 1. The van der Waals surface area contributed by atoms with Crippen molar-refractivity contribution in [2.45, 2.75) is 107 Å². The molecule has 61 heavy (non-hydrogen) atoms. The topological polar surface area (TPSA) is 174 Å². The summed E-state index contributed by atoms with van der Waals surface area (Å²) >= 11 is 0. The van der Waals surface area contributed by atoms with Gasteiger partial charge in [-0.25, -0.2) is 18.3 Å². The van der Waals surface area contributed by atoms with Gasteiger partial charge in [-0.05, 0) is 87.8 Å². The molecule has 5 aliphatic rings. The van der Waals surface area contributed by atoms with Gasteiger partial charge in [0.05, 0.1) is 48.7 Å². The summed E-state index contributed by atoms with van der Waals surface area (Å²) in [6.07, 6.45) is 11.1. The third kappa shape index (κ3) is 8.12. The molecule has 4 saturated heterocycles. The second-order valence-corrected chi connectivity index (χ2v) is 17.3. The lowest BCUT2D eigenvalue weighted by Gasteiger charge is -2.36. The van der Waals surface area contributed by atoms with Gasteiger partial charge < -0.3 is 29.1 Å². The first-order chi connectivity index (χ1) is 29.7. The second-order valence-electron chi connectivity index (χ2n) is 17.3. The molecule has 2 bridgehead atoms. The number of aryl methyl sites for hydroxylation is 1. The molecule has 3 atom stereocenters. The molecule has 4 aliphatic heterocycles. The van der Waals surface area contributed by atoms with Crippen molar-refractivity contribution in [2.24, 2.45) is 5.92 Å². The van der Waals surface area contributed by atoms with Crippen LogP contribution in [0.5, 0.6) is 0 Å². The van der Waals surface area contributed by atoms with E-state index in [9.17, 15) is 23.2 Å². The summed E-state index contributed by atoms with van der Waals surface area (Å²) in [5, 5.41) is 18.7. The molecule has 4 aromatic heterocycles. The molecule has 1 aliphatic carbocycles. The van der Waals surface area contributed by atoms with Gasteiger partial charge in [0.1, 0.15) is 17.1 Å². The summed E-state index contributed by atoms with van der Waals surface area (Å²) < 4.78 is 49.4. The van der Waals surface area contributed by atoms with E-state index in [1.807, 2.05) is 24.3 Å². The number of morpholine rings is 1. The number of likely N-dealkylation sites (tertiary alicyclic amines) is 1. The lowest BCUT2D eigenvalue weighted by Crippen LogP contribution is -2.40. The zero-order valence-corrected chi connectivity index (χ0v) is 33.9. The number of rotatable bonds is 13. The maximum Gasteiger partial charge on any atom is 0.284 e. The van der Waals surface area contributed by atoms with Crippen LogP contribution in [0, 0.1) is 5.92 Å². The van der Waals surface area contributed by atoms with Crippen molar-refractivity contribution in [3.8, 4) is 0 Å². The van der Waals surface area contributed by atoms with Crippen molar-refractivity contribution >= 4 is 45.8 Å². The van der Waals surface area contributed by atoms with E-state index in [-0.39, 0.29) is 53.8 Å². The van der Waals surface area contributed by atoms with Crippen LogP contribution in [-0.4, -0.2) is 110 Å². The molecule has 10 rings (SSSR count). The molecule has 3 unspecified atom stereocenters. The van der Waals surface area contributed by atoms with Crippen LogP contribution in [0.3, 0.4) is 0 Å². The molecule has 5 aromatic rings. The highest BCUT2D eigenvalue weighted by atomic mass is 19.3. The highest BCUT2D eigenvalue weighted by molar-refractivity contribution is 6.08. The Hall–Kier alpha value is -5.33. The molecule has 1 saturated carbocycles.